The number of carbonyl (C=O) groups excluding carboxylic acids is 1. The van der Waals surface area contributed by atoms with Crippen molar-refractivity contribution in [2.24, 2.45) is 0 Å². The van der Waals surface area contributed by atoms with Gasteiger partial charge >= 0.3 is 35.7 Å². The first-order valence-corrected chi connectivity index (χ1v) is 4.68. The van der Waals surface area contributed by atoms with E-state index >= 15 is 0 Å². The van der Waals surface area contributed by atoms with Gasteiger partial charge in [-0.05, 0) is 13.8 Å². The smallest absolute Gasteiger partial charge is 0.675 e. The Labute approximate surface area is 98.5 Å². The fraction of sp³-hybridized carbons (Fsp3) is 0.800. The van der Waals surface area contributed by atoms with E-state index in [4.69, 9.17) is 0 Å². The van der Waals surface area contributed by atoms with Gasteiger partial charge in [0.1, 0.15) is 0 Å². The van der Waals surface area contributed by atoms with E-state index < -0.39 is 0 Å². The van der Waals surface area contributed by atoms with E-state index in [1.54, 1.807) is 4.90 Å². The fourth-order valence-electron chi connectivity index (χ4n) is 0.564. The number of hydrogen-bond acceptors (Lipinski definition) is 4. The quantitative estimate of drug-likeness (QED) is 0.244. The molecule has 11 heavy (non-hydrogen) atoms. The molecule has 0 bridgehead atoms. The summed E-state index contributed by atoms with van der Waals surface area (Å²) in [5.41, 5.74) is 0. The van der Waals surface area contributed by atoms with Crippen molar-refractivity contribution >= 4 is 28.8 Å². The minimum atomic E-state index is -0.356. The maximum absolute atomic E-state index is 10.8. The van der Waals surface area contributed by atoms with Crippen LogP contribution in [0.4, 0.5) is 4.79 Å². The summed E-state index contributed by atoms with van der Waals surface area (Å²) in [5, 5.41) is 0. The summed E-state index contributed by atoms with van der Waals surface area (Å²) in [5.74, 6) is 0. The fourth-order valence-corrected chi connectivity index (χ4v) is 0.902. The molecule has 0 saturated carbocycles. The summed E-state index contributed by atoms with van der Waals surface area (Å²) in [6.07, 6.45) is -0.356. The van der Waals surface area contributed by atoms with Crippen LogP contribution in [0.3, 0.4) is 0 Å². The van der Waals surface area contributed by atoms with Crippen molar-refractivity contribution in [3.63, 3.8) is 0 Å². The number of hydrogen-bond donors (Lipinski definition) is 0. The Bertz CT molecular complexity index is 111. The summed E-state index contributed by atoms with van der Waals surface area (Å²) in [7, 11) is 0. The molecule has 0 aromatic carbocycles. The molecular formula is C5H10NNaO2S2. The van der Waals surface area contributed by atoms with Gasteiger partial charge in [0, 0.05) is 13.1 Å². The van der Waals surface area contributed by atoms with Crippen LogP contribution in [0.15, 0.2) is 0 Å². The molecule has 0 spiro atoms. The summed E-state index contributed by atoms with van der Waals surface area (Å²) in [6.45, 7) is 5.09. The third-order valence-electron chi connectivity index (χ3n) is 1.13. The monoisotopic (exact) mass is 203 g/mol. The molecule has 0 fully saturated rings. The molecule has 0 aromatic rings. The number of rotatable bonds is 3. The van der Waals surface area contributed by atoms with Crippen molar-refractivity contribution in [3.8, 4) is 0 Å². The molecular weight excluding hydrogens is 193 g/mol. The molecule has 0 unspecified atom stereocenters. The van der Waals surface area contributed by atoms with Crippen molar-refractivity contribution < 1.29 is 38.5 Å². The third kappa shape index (κ3) is 6.16. The van der Waals surface area contributed by atoms with Gasteiger partial charge in [0.15, 0.2) is 0 Å². The van der Waals surface area contributed by atoms with Crippen molar-refractivity contribution in [1.82, 2.24) is 4.90 Å². The van der Waals surface area contributed by atoms with Crippen LogP contribution in [0.5, 0.6) is 0 Å². The molecule has 0 N–H and O–H groups in total. The summed E-state index contributed by atoms with van der Waals surface area (Å²) < 4.78 is 4.50. The molecule has 0 aliphatic rings. The van der Waals surface area contributed by atoms with E-state index in [0.717, 1.165) is 0 Å². The Hall–Kier alpha value is 0.970. The minimum absolute atomic E-state index is 0. The average molecular weight is 203 g/mol. The van der Waals surface area contributed by atoms with Gasteiger partial charge in [-0.3, -0.25) is 0 Å². The molecule has 0 heterocycles. The molecule has 3 nitrogen and oxygen atoms in total. The average Bonchev–Trinajstić information content (AvgIpc) is 1.91. The molecule has 6 heteroatoms. The van der Waals surface area contributed by atoms with Gasteiger partial charge in [-0.15, -0.1) is 11.1 Å². The topological polar surface area (TPSA) is 29.5 Å². The van der Waals surface area contributed by atoms with E-state index in [0.29, 0.717) is 24.2 Å². The van der Waals surface area contributed by atoms with Crippen LogP contribution in [0, 0.1) is 0 Å². The second kappa shape index (κ2) is 9.06. The second-order valence-electron chi connectivity index (χ2n) is 1.59. The summed E-state index contributed by atoms with van der Waals surface area (Å²) in [4.78, 5) is 12.4. The molecule has 0 rings (SSSR count). The Morgan fingerprint density at radius 1 is 1.55 bits per heavy atom. The van der Waals surface area contributed by atoms with Gasteiger partial charge < -0.3 is 20.7 Å². The van der Waals surface area contributed by atoms with Crippen LogP contribution in [0.1, 0.15) is 13.8 Å². The van der Waals surface area contributed by atoms with Crippen LogP contribution in [0.25, 0.3) is 0 Å². The second-order valence-corrected chi connectivity index (χ2v) is 2.30. The van der Waals surface area contributed by atoms with Crippen LogP contribution >= 0.6 is 11.1 Å². The maximum atomic E-state index is 10.8. The molecule has 1 amide bonds. The maximum Gasteiger partial charge on any atom is 1.00 e. The van der Waals surface area contributed by atoms with Crippen LogP contribution < -0.4 is 29.6 Å². The molecule has 0 aromatic heterocycles. The van der Waals surface area contributed by atoms with E-state index in [1.807, 2.05) is 13.8 Å². The largest absolute Gasteiger partial charge is 1.00 e. The molecule has 0 aliphatic carbocycles. The predicted octanol–water partition coefficient (Wildman–Crippen LogP) is -1.42. The Morgan fingerprint density at radius 2 is 2.00 bits per heavy atom. The first-order chi connectivity index (χ1) is 4.76. The van der Waals surface area contributed by atoms with Crippen molar-refractivity contribution in [2.45, 2.75) is 13.8 Å². The van der Waals surface area contributed by atoms with Crippen LogP contribution in [-0.4, -0.2) is 24.1 Å². The van der Waals surface area contributed by atoms with Gasteiger partial charge in [-0.25, -0.2) is 4.79 Å². The van der Waals surface area contributed by atoms with E-state index in [-0.39, 0.29) is 35.7 Å². The standard InChI is InChI=1S/C5H11NO2S2.Na/c1-3-6(4-2)5(7)8-10-9;/h9H,3-4H2,1-2H3;/q;+1/p-1. The number of amides is 1. The van der Waals surface area contributed by atoms with E-state index in [9.17, 15) is 4.79 Å². The van der Waals surface area contributed by atoms with Gasteiger partial charge in [-0.1, -0.05) is 0 Å². The SMILES string of the molecule is CCN(CC)C(=O)OS[S-].[Na+]. The van der Waals surface area contributed by atoms with Gasteiger partial charge in [0.05, 0.1) is 0 Å². The van der Waals surface area contributed by atoms with Crippen LogP contribution in [0.2, 0.25) is 0 Å². The summed E-state index contributed by atoms with van der Waals surface area (Å²) in [6, 6.07) is 0. The zero-order chi connectivity index (χ0) is 7.98. The Balaban J connectivity index is 0. The van der Waals surface area contributed by atoms with Gasteiger partial charge in [0.25, 0.3) is 0 Å². The van der Waals surface area contributed by atoms with Gasteiger partial charge in [0.2, 0.25) is 0 Å². The summed E-state index contributed by atoms with van der Waals surface area (Å²) >= 11 is 5.05. The third-order valence-corrected chi connectivity index (χ3v) is 1.54. The zero-order valence-corrected chi connectivity index (χ0v) is 10.6. The Morgan fingerprint density at radius 3 is 2.27 bits per heavy atom. The predicted molar refractivity (Wildman–Crippen MR) is 44.4 cm³/mol. The molecule has 0 radical (unpaired) electrons. The first-order valence-electron chi connectivity index (χ1n) is 3.01. The van der Waals surface area contributed by atoms with E-state index in [1.165, 1.54) is 0 Å². The number of nitrogens with zero attached hydrogens (tertiary/aromatic N) is 1. The Kier molecular flexibility index (Phi) is 11.9. The van der Waals surface area contributed by atoms with Crippen molar-refractivity contribution in [3.05, 3.63) is 0 Å². The molecule has 0 atom stereocenters. The minimum Gasteiger partial charge on any atom is -0.675 e. The van der Waals surface area contributed by atoms with Crippen molar-refractivity contribution in [2.75, 3.05) is 13.1 Å². The molecule has 0 aliphatic heterocycles. The van der Waals surface area contributed by atoms with E-state index in [2.05, 4.69) is 15.8 Å². The number of carbonyl (C=O) groups is 1. The molecule has 0 saturated heterocycles. The van der Waals surface area contributed by atoms with Crippen LogP contribution in [-0.2, 0) is 15.8 Å². The zero-order valence-electron chi connectivity index (χ0n) is 6.99. The molecule has 60 valence electrons. The van der Waals surface area contributed by atoms with Gasteiger partial charge in [-0.2, -0.15) is 0 Å². The first kappa shape index (κ1) is 14.5. The van der Waals surface area contributed by atoms with Crippen molar-refractivity contribution in [1.29, 1.82) is 0 Å². The normalized spacial score (nSPS) is 8.27.